The molecule has 94 valence electrons. The smallest absolute Gasteiger partial charge is 0.272 e. The molecule has 1 rings (SSSR count). The van der Waals surface area contributed by atoms with E-state index < -0.39 is 0 Å². The van der Waals surface area contributed by atoms with Crippen molar-refractivity contribution in [2.24, 2.45) is 0 Å². The third-order valence-corrected chi connectivity index (χ3v) is 2.45. The molecule has 17 heavy (non-hydrogen) atoms. The Bertz CT molecular complexity index is 379. The van der Waals surface area contributed by atoms with Gasteiger partial charge in [0.15, 0.2) is 0 Å². The van der Waals surface area contributed by atoms with E-state index in [1.165, 1.54) is 0 Å². The number of carbonyl (C=O) groups excluding carboxylic acids is 1. The highest BCUT2D eigenvalue weighted by Crippen LogP contribution is 2.06. The molecule has 1 aromatic rings. The van der Waals surface area contributed by atoms with Crippen LogP contribution in [0.5, 0.6) is 0 Å². The molecule has 0 unspecified atom stereocenters. The van der Waals surface area contributed by atoms with Gasteiger partial charge in [0.1, 0.15) is 11.5 Å². The fourth-order valence-corrected chi connectivity index (χ4v) is 1.34. The molecule has 0 aromatic carbocycles. The highest BCUT2D eigenvalue weighted by Gasteiger charge is 2.13. The molecule has 1 heterocycles. The van der Waals surface area contributed by atoms with Gasteiger partial charge in [-0.05, 0) is 26.2 Å². The minimum atomic E-state index is -0.0519. The van der Waals surface area contributed by atoms with Gasteiger partial charge in [0.25, 0.3) is 5.91 Å². The molecular formula is C12H20N4O. The van der Waals surface area contributed by atoms with E-state index in [0.29, 0.717) is 18.1 Å². The van der Waals surface area contributed by atoms with Crippen molar-refractivity contribution in [3.63, 3.8) is 0 Å². The Morgan fingerprint density at radius 1 is 1.29 bits per heavy atom. The van der Waals surface area contributed by atoms with Crippen LogP contribution in [0.2, 0.25) is 0 Å². The minimum absolute atomic E-state index is 0.0519. The monoisotopic (exact) mass is 236 g/mol. The molecule has 5 nitrogen and oxygen atoms in total. The van der Waals surface area contributed by atoms with Gasteiger partial charge in [-0.3, -0.25) is 4.79 Å². The lowest BCUT2D eigenvalue weighted by atomic mass is 10.3. The molecule has 1 N–H and O–H groups in total. The predicted octanol–water partition coefficient (Wildman–Crippen LogP) is 0.757. The van der Waals surface area contributed by atoms with Gasteiger partial charge in [0.2, 0.25) is 0 Å². The zero-order valence-corrected chi connectivity index (χ0v) is 10.9. The molecule has 0 fully saturated rings. The van der Waals surface area contributed by atoms with Gasteiger partial charge in [0.05, 0.1) is 0 Å². The highest BCUT2D eigenvalue weighted by atomic mass is 16.2. The molecule has 0 radical (unpaired) electrons. The van der Waals surface area contributed by atoms with Crippen LogP contribution in [0.15, 0.2) is 18.2 Å². The van der Waals surface area contributed by atoms with Crippen LogP contribution < -0.4 is 5.32 Å². The van der Waals surface area contributed by atoms with Gasteiger partial charge in [-0.25, -0.2) is 4.98 Å². The summed E-state index contributed by atoms with van der Waals surface area (Å²) >= 11 is 0. The molecule has 1 amide bonds. The van der Waals surface area contributed by atoms with E-state index in [1.807, 2.05) is 31.1 Å². The summed E-state index contributed by atoms with van der Waals surface area (Å²) in [6.07, 6.45) is 0. The largest absolute Gasteiger partial charge is 0.373 e. The number of nitrogens with zero attached hydrogens (tertiary/aromatic N) is 3. The van der Waals surface area contributed by atoms with Crippen molar-refractivity contribution in [2.45, 2.75) is 0 Å². The van der Waals surface area contributed by atoms with Gasteiger partial charge in [-0.2, -0.15) is 0 Å². The van der Waals surface area contributed by atoms with Crippen molar-refractivity contribution in [1.82, 2.24) is 14.8 Å². The summed E-state index contributed by atoms with van der Waals surface area (Å²) in [4.78, 5) is 20.0. The summed E-state index contributed by atoms with van der Waals surface area (Å²) in [5.41, 5.74) is 0.470. The van der Waals surface area contributed by atoms with Crippen molar-refractivity contribution >= 4 is 11.7 Å². The Morgan fingerprint density at radius 3 is 2.59 bits per heavy atom. The van der Waals surface area contributed by atoms with E-state index in [0.717, 1.165) is 6.54 Å². The zero-order valence-electron chi connectivity index (χ0n) is 10.9. The van der Waals surface area contributed by atoms with Gasteiger partial charge < -0.3 is 15.1 Å². The molecule has 0 aliphatic heterocycles. The molecule has 0 saturated carbocycles. The number of hydrogen-bond acceptors (Lipinski definition) is 4. The number of likely N-dealkylation sites (N-methyl/N-ethyl adjacent to an activating group) is 2. The van der Waals surface area contributed by atoms with Crippen LogP contribution in [0, 0.1) is 0 Å². The van der Waals surface area contributed by atoms with E-state index >= 15 is 0 Å². The molecule has 1 aromatic heterocycles. The minimum Gasteiger partial charge on any atom is -0.373 e. The van der Waals surface area contributed by atoms with E-state index in [2.05, 4.69) is 10.3 Å². The fraction of sp³-hybridized carbons (Fsp3) is 0.500. The van der Waals surface area contributed by atoms with Gasteiger partial charge in [-0.15, -0.1) is 0 Å². The summed E-state index contributed by atoms with van der Waals surface area (Å²) in [6, 6.07) is 5.39. The maximum atomic E-state index is 12.0. The number of aromatic nitrogens is 1. The second-order valence-corrected chi connectivity index (χ2v) is 4.19. The average molecular weight is 236 g/mol. The van der Waals surface area contributed by atoms with Crippen molar-refractivity contribution in [1.29, 1.82) is 0 Å². The molecule has 0 aliphatic carbocycles. The molecule has 5 heteroatoms. The summed E-state index contributed by atoms with van der Waals surface area (Å²) in [7, 11) is 7.54. The topological polar surface area (TPSA) is 48.5 Å². The second-order valence-electron chi connectivity index (χ2n) is 4.19. The quantitative estimate of drug-likeness (QED) is 0.820. The van der Waals surface area contributed by atoms with Crippen LogP contribution in [0.1, 0.15) is 10.5 Å². The maximum Gasteiger partial charge on any atom is 0.272 e. The van der Waals surface area contributed by atoms with E-state index in [1.54, 1.807) is 25.1 Å². The van der Waals surface area contributed by atoms with Crippen LogP contribution in [0.25, 0.3) is 0 Å². The van der Waals surface area contributed by atoms with Crippen molar-refractivity contribution in [3.8, 4) is 0 Å². The number of anilines is 1. The first-order valence-corrected chi connectivity index (χ1v) is 5.59. The first-order valence-electron chi connectivity index (χ1n) is 5.59. The van der Waals surface area contributed by atoms with Crippen molar-refractivity contribution in [3.05, 3.63) is 23.9 Å². The third-order valence-electron chi connectivity index (χ3n) is 2.45. The standard InChI is InChI=1S/C12H20N4O/c1-13-11-7-5-6-10(14-11)12(17)16(4)9-8-15(2)3/h5-7H,8-9H2,1-4H3,(H,13,14). The van der Waals surface area contributed by atoms with E-state index in [-0.39, 0.29) is 5.91 Å². The summed E-state index contributed by atoms with van der Waals surface area (Å²) in [5.74, 6) is 0.654. The molecule has 0 saturated heterocycles. The normalized spacial score (nSPS) is 10.4. The Hall–Kier alpha value is -1.62. The van der Waals surface area contributed by atoms with Crippen molar-refractivity contribution in [2.75, 3.05) is 46.6 Å². The van der Waals surface area contributed by atoms with Crippen molar-refractivity contribution < 1.29 is 4.79 Å². The number of carbonyl (C=O) groups is 1. The van der Waals surface area contributed by atoms with Crippen LogP contribution >= 0.6 is 0 Å². The molecule has 0 bridgehead atoms. The number of nitrogens with one attached hydrogen (secondary N) is 1. The highest BCUT2D eigenvalue weighted by molar-refractivity contribution is 5.92. The first kappa shape index (κ1) is 13.4. The molecule has 0 aliphatic rings. The Morgan fingerprint density at radius 2 is 2.00 bits per heavy atom. The molecular weight excluding hydrogens is 216 g/mol. The molecule has 0 spiro atoms. The number of rotatable bonds is 5. The van der Waals surface area contributed by atoms with E-state index in [4.69, 9.17) is 0 Å². The number of amides is 1. The first-order chi connectivity index (χ1) is 8.04. The summed E-state index contributed by atoms with van der Waals surface area (Å²) < 4.78 is 0. The lowest BCUT2D eigenvalue weighted by molar-refractivity contribution is 0.0780. The SMILES string of the molecule is CNc1cccc(C(=O)N(C)CCN(C)C)n1. The fourth-order valence-electron chi connectivity index (χ4n) is 1.34. The van der Waals surface area contributed by atoms with Crippen LogP contribution in [0.4, 0.5) is 5.82 Å². The summed E-state index contributed by atoms with van der Waals surface area (Å²) in [5, 5.41) is 2.92. The Labute approximate surface area is 102 Å². The van der Waals surface area contributed by atoms with Crippen LogP contribution in [0.3, 0.4) is 0 Å². The zero-order chi connectivity index (χ0) is 12.8. The Kier molecular flexibility index (Phi) is 4.90. The predicted molar refractivity (Wildman–Crippen MR) is 69.3 cm³/mol. The maximum absolute atomic E-state index is 12.0. The van der Waals surface area contributed by atoms with E-state index in [9.17, 15) is 4.79 Å². The van der Waals surface area contributed by atoms with Crippen LogP contribution in [-0.4, -0.2) is 62.0 Å². The lowest BCUT2D eigenvalue weighted by Gasteiger charge is -2.19. The second kappa shape index (κ2) is 6.20. The molecule has 0 atom stereocenters. The van der Waals surface area contributed by atoms with Gasteiger partial charge >= 0.3 is 0 Å². The van der Waals surface area contributed by atoms with Crippen LogP contribution in [-0.2, 0) is 0 Å². The average Bonchev–Trinajstić information content (AvgIpc) is 2.35. The Balaban J connectivity index is 2.67. The number of pyridine rings is 1. The lowest BCUT2D eigenvalue weighted by Crippen LogP contribution is -2.33. The number of hydrogen-bond donors (Lipinski definition) is 1. The van der Waals surface area contributed by atoms with Gasteiger partial charge in [-0.1, -0.05) is 6.07 Å². The summed E-state index contributed by atoms with van der Waals surface area (Å²) in [6.45, 7) is 1.53. The third kappa shape index (κ3) is 4.03. The van der Waals surface area contributed by atoms with Gasteiger partial charge in [0, 0.05) is 27.2 Å².